The van der Waals surface area contributed by atoms with Crippen LogP contribution in [0, 0.1) is 10.1 Å². The largest absolute Gasteiger partial charge is 0.449 e. The Morgan fingerprint density at radius 1 is 1.41 bits per heavy atom. The van der Waals surface area contributed by atoms with Gasteiger partial charge in [0.1, 0.15) is 0 Å². The summed E-state index contributed by atoms with van der Waals surface area (Å²) in [6.45, 7) is 5.53. The van der Waals surface area contributed by atoms with Crippen LogP contribution >= 0.6 is 0 Å². The average Bonchev–Trinajstić information content (AvgIpc) is 2.66. The molecule has 2 amide bonds. The van der Waals surface area contributed by atoms with E-state index < -0.39 is 22.3 Å². The maximum absolute atomic E-state index is 12.5. The number of benzene rings is 1. The van der Waals surface area contributed by atoms with Crippen molar-refractivity contribution in [1.29, 1.82) is 0 Å². The first-order valence-corrected chi connectivity index (χ1v) is 7.11. The fourth-order valence-corrected chi connectivity index (χ4v) is 2.40. The zero-order valence-electron chi connectivity index (χ0n) is 12.8. The van der Waals surface area contributed by atoms with Crippen LogP contribution < -0.4 is 4.90 Å². The van der Waals surface area contributed by atoms with Gasteiger partial charge in [-0.15, -0.1) is 0 Å². The number of nitro benzene ring substituents is 1. The number of hydrogen-bond donors (Lipinski definition) is 0. The molecule has 0 aliphatic carbocycles. The van der Waals surface area contributed by atoms with Gasteiger partial charge in [-0.1, -0.05) is 13.3 Å². The second kappa shape index (κ2) is 5.75. The Labute approximate surface area is 128 Å². The lowest BCUT2D eigenvalue weighted by molar-refractivity contribution is -0.384. The van der Waals surface area contributed by atoms with Crippen molar-refractivity contribution < 1.29 is 19.2 Å². The summed E-state index contributed by atoms with van der Waals surface area (Å²) < 4.78 is 5.08. The maximum atomic E-state index is 12.5. The third-order valence-corrected chi connectivity index (χ3v) is 3.75. The van der Waals surface area contributed by atoms with Crippen LogP contribution in [0.15, 0.2) is 18.2 Å². The quantitative estimate of drug-likeness (QED) is 0.484. The van der Waals surface area contributed by atoms with E-state index in [0.29, 0.717) is 12.0 Å². The summed E-state index contributed by atoms with van der Waals surface area (Å²) in [5.41, 5.74) is -0.286. The molecule has 0 radical (unpaired) electrons. The van der Waals surface area contributed by atoms with Crippen LogP contribution in [-0.4, -0.2) is 23.5 Å². The molecule has 118 valence electrons. The normalized spacial score (nSPS) is 15.6. The molecule has 0 spiro atoms. The van der Waals surface area contributed by atoms with E-state index in [1.54, 1.807) is 13.8 Å². The molecule has 7 heteroatoms. The molecular weight excluding hydrogens is 288 g/mol. The minimum atomic E-state index is -0.922. The molecule has 0 unspecified atom stereocenters. The molecule has 0 saturated carbocycles. The van der Waals surface area contributed by atoms with Crippen LogP contribution in [0.2, 0.25) is 0 Å². The predicted molar refractivity (Wildman–Crippen MR) is 79.9 cm³/mol. The number of fused-ring (bicyclic) bond motifs is 1. The van der Waals surface area contributed by atoms with Gasteiger partial charge in [0, 0.05) is 12.1 Å². The number of anilines is 1. The minimum Gasteiger partial charge on any atom is -0.449 e. The number of ether oxygens (including phenoxy) is 1. The maximum Gasteiger partial charge on any atom is 0.421 e. The molecule has 0 bridgehead atoms. The molecule has 1 heterocycles. The summed E-state index contributed by atoms with van der Waals surface area (Å²) in [6.07, 6.45) is 0.763. The number of unbranched alkanes of at least 4 members (excludes halogenated alkanes) is 1. The lowest BCUT2D eigenvalue weighted by Gasteiger charge is -2.18. The number of hydrogen-bond acceptors (Lipinski definition) is 5. The Bertz CT molecular complexity index is 639. The summed E-state index contributed by atoms with van der Waals surface area (Å²) in [5.74, 6) is -0.440. The van der Waals surface area contributed by atoms with Crippen molar-refractivity contribution in [2.75, 3.05) is 11.5 Å². The SMILES string of the molecule is CCCCOC(=O)N1C(=O)C(C)(C)c2ccc([N+](=O)[O-])cc21. The lowest BCUT2D eigenvalue weighted by atomic mass is 9.86. The molecule has 0 saturated heterocycles. The van der Waals surface area contributed by atoms with Crippen molar-refractivity contribution in [2.24, 2.45) is 0 Å². The van der Waals surface area contributed by atoms with Gasteiger partial charge >= 0.3 is 6.09 Å². The topological polar surface area (TPSA) is 89.8 Å². The molecule has 0 N–H and O–H groups in total. The first kappa shape index (κ1) is 15.9. The number of carbonyl (C=O) groups is 2. The van der Waals surface area contributed by atoms with E-state index in [1.807, 2.05) is 6.92 Å². The van der Waals surface area contributed by atoms with Crippen LogP contribution in [0.3, 0.4) is 0 Å². The number of amides is 2. The van der Waals surface area contributed by atoms with Gasteiger partial charge in [-0.25, -0.2) is 9.69 Å². The van der Waals surface area contributed by atoms with Crippen molar-refractivity contribution in [3.05, 3.63) is 33.9 Å². The second-order valence-electron chi connectivity index (χ2n) is 5.69. The van der Waals surface area contributed by atoms with Crippen LogP contribution in [0.1, 0.15) is 39.2 Å². The summed E-state index contributed by atoms with van der Waals surface area (Å²) in [5, 5.41) is 10.9. The van der Waals surface area contributed by atoms with E-state index in [4.69, 9.17) is 4.74 Å². The third-order valence-electron chi connectivity index (χ3n) is 3.75. The molecular formula is C15H18N2O5. The van der Waals surface area contributed by atoms with Crippen LogP contribution in [0.25, 0.3) is 0 Å². The standard InChI is InChI=1S/C15H18N2O5/c1-4-5-8-22-14(19)16-12-9-10(17(20)21)6-7-11(12)15(2,3)13(16)18/h6-7,9H,4-5,8H2,1-3H3. The van der Waals surface area contributed by atoms with Crippen molar-refractivity contribution in [3.8, 4) is 0 Å². The van der Waals surface area contributed by atoms with Gasteiger partial charge in [0.2, 0.25) is 5.91 Å². The average molecular weight is 306 g/mol. The van der Waals surface area contributed by atoms with Crippen LogP contribution in [-0.2, 0) is 14.9 Å². The highest BCUT2D eigenvalue weighted by atomic mass is 16.6. The Hall–Kier alpha value is -2.44. The van der Waals surface area contributed by atoms with Gasteiger partial charge in [0.05, 0.1) is 22.6 Å². The number of non-ortho nitro benzene ring substituents is 1. The van der Waals surface area contributed by atoms with Gasteiger partial charge in [-0.2, -0.15) is 0 Å². The smallest absolute Gasteiger partial charge is 0.421 e. The van der Waals surface area contributed by atoms with E-state index in [9.17, 15) is 19.7 Å². The zero-order chi connectivity index (χ0) is 16.5. The number of carbonyl (C=O) groups excluding carboxylic acids is 2. The van der Waals surface area contributed by atoms with Crippen molar-refractivity contribution in [1.82, 2.24) is 0 Å². The third kappa shape index (κ3) is 2.54. The van der Waals surface area contributed by atoms with Gasteiger partial charge < -0.3 is 4.74 Å². The molecule has 0 atom stereocenters. The number of nitro groups is 1. The minimum absolute atomic E-state index is 0.171. The van der Waals surface area contributed by atoms with E-state index >= 15 is 0 Å². The zero-order valence-corrected chi connectivity index (χ0v) is 12.8. The Balaban J connectivity index is 2.41. The van der Waals surface area contributed by atoms with Gasteiger partial charge in [-0.05, 0) is 31.9 Å². The number of nitrogens with zero attached hydrogens (tertiary/aromatic N) is 2. The van der Waals surface area contributed by atoms with E-state index in [0.717, 1.165) is 11.3 Å². The summed E-state index contributed by atoms with van der Waals surface area (Å²) >= 11 is 0. The van der Waals surface area contributed by atoms with E-state index in [1.165, 1.54) is 18.2 Å². The fraction of sp³-hybridized carbons (Fsp3) is 0.467. The summed E-state index contributed by atoms with van der Waals surface area (Å²) in [4.78, 5) is 35.9. The highest BCUT2D eigenvalue weighted by molar-refractivity contribution is 6.20. The molecule has 1 aliphatic heterocycles. The summed E-state index contributed by atoms with van der Waals surface area (Å²) in [6, 6.07) is 4.09. The Morgan fingerprint density at radius 3 is 2.68 bits per heavy atom. The van der Waals surface area contributed by atoms with Crippen LogP contribution in [0.4, 0.5) is 16.2 Å². The van der Waals surface area contributed by atoms with Crippen molar-refractivity contribution in [3.63, 3.8) is 0 Å². The lowest BCUT2D eigenvalue weighted by Crippen LogP contribution is -2.40. The molecule has 1 aromatic carbocycles. The fourth-order valence-electron chi connectivity index (χ4n) is 2.40. The monoisotopic (exact) mass is 306 g/mol. The Kier molecular flexibility index (Phi) is 4.16. The Morgan fingerprint density at radius 2 is 2.09 bits per heavy atom. The molecule has 22 heavy (non-hydrogen) atoms. The molecule has 7 nitrogen and oxygen atoms in total. The summed E-state index contributed by atoms with van der Waals surface area (Å²) in [7, 11) is 0. The molecule has 0 fully saturated rings. The number of rotatable bonds is 4. The first-order valence-electron chi connectivity index (χ1n) is 7.11. The predicted octanol–water partition coefficient (Wildman–Crippen LogP) is 3.16. The van der Waals surface area contributed by atoms with Gasteiger partial charge in [0.25, 0.3) is 5.69 Å². The van der Waals surface area contributed by atoms with E-state index in [2.05, 4.69) is 0 Å². The first-order chi connectivity index (χ1) is 10.3. The second-order valence-corrected chi connectivity index (χ2v) is 5.69. The molecule has 1 aliphatic rings. The van der Waals surface area contributed by atoms with Crippen LogP contribution in [0.5, 0.6) is 0 Å². The van der Waals surface area contributed by atoms with Gasteiger partial charge in [0.15, 0.2) is 0 Å². The number of imide groups is 1. The molecule has 2 rings (SSSR count). The molecule has 1 aromatic rings. The molecule has 0 aromatic heterocycles. The van der Waals surface area contributed by atoms with Crippen molar-refractivity contribution >= 4 is 23.4 Å². The van der Waals surface area contributed by atoms with Gasteiger partial charge in [-0.3, -0.25) is 14.9 Å². The highest BCUT2D eigenvalue weighted by Crippen LogP contribution is 2.43. The van der Waals surface area contributed by atoms with Crippen molar-refractivity contribution in [2.45, 2.75) is 39.0 Å². The highest BCUT2D eigenvalue weighted by Gasteiger charge is 2.48. The van der Waals surface area contributed by atoms with E-state index in [-0.39, 0.29) is 18.0 Å².